The van der Waals surface area contributed by atoms with Gasteiger partial charge in [0.1, 0.15) is 18.8 Å². The predicted octanol–water partition coefficient (Wildman–Crippen LogP) is 1.33. The third-order valence-electron chi connectivity index (χ3n) is 4.22. The number of fused-ring (bicyclic) bond motifs is 1. The van der Waals surface area contributed by atoms with Gasteiger partial charge in [-0.15, -0.1) is 0 Å². The highest BCUT2D eigenvalue weighted by Crippen LogP contribution is 2.24. The fourth-order valence-corrected chi connectivity index (χ4v) is 4.07. The molecule has 1 aliphatic heterocycles. The van der Waals surface area contributed by atoms with Gasteiger partial charge in [-0.25, -0.2) is 9.97 Å². The van der Waals surface area contributed by atoms with Crippen molar-refractivity contribution in [2.75, 3.05) is 11.9 Å². The van der Waals surface area contributed by atoms with Gasteiger partial charge >= 0.3 is 0 Å². The van der Waals surface area contributed by atoms with Crippen molar-refractivity contribution in [1.29, 1.82) is 0 Å². The van der Waals surface area contributed by atoms with E-state index in [0.29, 0.717) is 10.8 Å². The summed E-state index contributed by atoms with van der Waals surface area (Å²) < 4.78 is 0. The fraction of sp³-hybridized carbons (Fsp3) is 0.222. The largest absolute Gasteiger partial charge is 0.326 e. The standard InChI is InChI=1S/C18H17N5OS/c24-17(15-10-19-7-8-20-15)22-18-21-14-6-9-23(12-16(14)25-18)11-13-4-2-1-3-5-13/h1-5,7-8,10H,6,9,11-12H2,(H,21,22,24)/p+1. The second-order valence-electron chi connectivity index (χ2n) is 6.02. The van der Waals surface area contributed by atoms with Crippen LogP contribution in [0, 0.1) is 0 Å². The first-order valence-electron chi connectivity index (χ1n) is 8.21. The summed E-state index contributed by atoms with van der Waals surface area (Å²) in [5, 5.41) is 3.48. The zero-order valence-corrected chi connectivity index (χ0v) is 14.4. The van der Waals surface area contributed by atoms with Crippen LogP contribution in [0.3, 0.4) is 0 Å². The van der Waals surface area contributed by atoms with E-state index in [2.05, 4.69) is 44.5 Å². The van der Waals surface area contributed by atoms with Crippen molar-refractivity contribution in [1.82, 2.24) is 15.0 Å². The van der Waals surface area contributed by atoms with E-state index in [1.165, 1.54) is 27.7 Å². The normalized spacial score (nSPS) is 16.2. The molecule has 0 radical (unpaired) electrons. The van der Waals surface area contributed by atoms with Gasteiger partial charge in [0.25, 0.3) is 5.91 Å². The Morgan fingerprint density at radius 3 is 2.92 bits per heavy atom. The number of hydrogen-bond acceptors (Lipinski definition) is 5. The Morgan fingerprint density at radius 1 is 1.24 bits per heavy atom. The lowest BCUT2D eigenvalue weighted by molar-refractivity contribution is -0.929. The Labute approximate surface area is 149 Å². The quantitative estimate of drug-likeness (QED) is 0.743. The summed E-state index contributed by atoms with van der Waals surface area (Å²) in [6, 6.07) is 10.5. The van der Waals surface area contributed by atoms with Gasteiger partial charge in [0.15, 0.2) is 5.13 Å². The summed E-state index contributed by atoms with van der Waals surface area (Å²) in [5.74, 6) is -0.271. The van der Waals surface area contributed by atoms with Crippen LogP contribution in [0.2, 0.25) is 0 Å². The summed E-state index contributed by atoms with van der Waals surface area (Å²) in [7, 11) is 0. The Hall–Kier alpha value is -2.64. The highest BCUT2D eigenvalue weighted by Gasteiger charge is 2.24. The zero-order valence-electron chi connectivity index (χ0n) is 13.6. The van der Waals surface area contributed by atoms with E-state index >= 15 is 0 Å². The number of rotatable bonds is 4. The summed E-state index contributed by atoms with van der Waals surface area (Å²) >= 11 is 1.56. The second kappa shape index (κ2) is 7.08. The van der Waals surface area contributed by atoms with Crippen molar-refractivity contribution < 1.29 is 9.69 Å². The zero-order chi connectivity index (χ0) is 17.1. The average molecular weight is 352 g/mol. The smallest absolute Gasteiger partial charge is 0.277 e. The van der Waals surface area contributed by atoms with Crippen LogP contribution in [0.1, 0.15) is 26.6 Å². The maximum Gasteiger partial charge on any atom is 0.277 e. The molecule has 0 bridgehead atoms. The Kier molecular flexibility index (Phi) is 4.49. The molecule has 7 heteroatoms. The van der Waals surface area contributed by atoms with Crippen molar-refractivity contribution in [2.45, 2.75) is 19.5 Å². The maximum absolute atomic E-state index is 12.2. The van der Waals surface area contributed by atoms with Crippen LogP contribution in [0.15, 0.2) is 48.9 Å². The summed E-state index contributed by atoms with van der Waals surface area (Å²) in [6.45, 7) is 3.02. The molecule has 126 valence electrons. The van der Waals surface area contributed by atoms with Gasteiger partial charge < -0.3 is 4.90 Å². The number of thiazole rings is 1. The summed E-state index contributed by atoms with van der Waals surface area (Å²) in [4.78, 5) is 27.5. The maximum atomic E-state index is 12.2. The van der Waals surface area contributed by atoms with E-state index in [1.807, 2.05) is 6.07 Å². The van der Waals surface area contributed by atoms with E-state index < -0.39 is 0 Å². The molecule has 3 aromatic rings. The average Bonchev–Trinajstić information content (AvgIpc) is 3.05. The van der Waals surface area contributed by atoms with Gasteiger partial charge in [-0.05, 0) is 0 Å². The highest BCUT2D eigenvalue weighted by molar-refractivity contribution is 7.15. The molecule has 1 aromatic carbocycles. The molecule has 1 atom stereocenters. The molecule has 0 saturated carbocycles. The minimum Gasteiger partial charge on any atom is -0.326 e. The van der Waals surface area contributed by atoms with Crippen LogP contribution in [0.5, 0.6) is 0 Å². The first kappa shape index (κ1) is 15.9. The number of amides is 1. The third kappa shape index (κ3) is 3.72. The number of anilines is 1. The Bertz CT molecular complexity index is 866. The van der Waals surface area contributed by atoms with Gasteiger partial charge in [0.2, 0.25) is 0 Å². The number of nitrogens with one attached hydrogen (secondary N) is 2. The molecule has 0 saturated heterocycles. The monoisotopic (exact) mass is 352 g/mol. The van der Waals surface area contributed by atoms with Gasteiger partial charge in [-0.1, -0.05) is 41.7 Å². The lowest BCUT2D eigenvalue weighted by Gasteiger charge is -2.22. The van der Waals surface area contributed by atoms with Crippen molar-refractivity contribution >= 4 is 22.4 Å². The lowest BCUT2D eigenvalue weighted by atomic mass is 10.1. The number of hydrogen-bond donors (Lipinski definition) is 2. The SMILES string of the molecule is O=C(Nc1nc2c(s1)C[NH+](Cc1ccccc1)CC2)c1cnccn1. The van der Waals surface area contributed by atoms with Gasteiger partial charge in [-0.3, -0.25) is 15.1 Å². The number of nitrogens with zero attached hydrogens (tertiary/aromatic N) is 3. The Balaban J connectivity index is 1.43. The molecule has 2 N–H and O–H groups in total. The molecule has 2 aromatic heterocycles. The van der Waals surface area contributed by atoms with Crippen LogP contribution in [0.4, 0.5) is 5.13 Å². The van der Waals surface area contributed by atoms with Gasteiger partial charge in [0, 0.05) is 24.4 Å². The van der Waals surface area contributed by atoms with Crippen LogP contribution >= 0.6 is 11.3 Å². The van der Waals surface area contributed by atoms with E-state index in [1.54, 1.807) is 17.5 Å². The minimum absolute atomic E-state index is 0.271. The third-order valence-corrected chi connectivity index (χ3v) is 5.23. The molecular formula is C18H18N5OS+. The Morgan fingerprint density at radius 2 is 2.12 bits per heavy atom. The molecule has 25 heavy (non-hydrogen) atoms. The number of carbonyl (C=O) groups is 1. The predicted molar refractivity (Wildman–Crippen MR) is 95.5 cm³/mol. The lowest BCUT2D eigenvalue weighted by Crippen LogP contribution is -3.10. The van der Waals surface area contributed by atoms with E-state index in [-0.39, 0.29) is 5.91 Å². The molecule has 3 heterocycles. The van der Waals surface area contributed by atoms with Crippen molar-refractivity contribution in [3.63, 3.8) is 0 Å². The number of benzene rings is 1. The van der Waals surface area contributed by atoms with E-state index in [0.717, 1.165) is 31.7 Å². The highest BCUT2D eigenvalue weighted by atomic mass is 32.1. The van der Waals surface area contributed by atoms with Crippen LogP contribution in [0.25, 0.3) is 0 Å². The molecule has 0 fully saturated rings. The molecule has 0 spiro atoms. The van der Waals surface area contributed by atoms with Crippen LogP contribution < -0.4 is 10.2 Å². The molecule has 0 aliphatic carbocycles. The minimum atomic E-state index is -0.271. The first-order valence-corrected chi connectivity index (χ1v) is 9.03. The summed E-state index contributed by atoms with van der Waals surface area (Å²) in [6.07, 6.45) is 5.44. The molecule has 6 nitrogen and oxygen atoms in total. The summed E-state index contributed by atoms with van der Waals surface area (Å²) in [5.41, 5.74) is 2.75. The van der Waals surface area contributed by atoms with Crippen LogP contribution in [-0.2, 0) is 19.5 Å². The van der Waals surface area contributed by atoms with Crippen molar-refractivity contribution in [3.8, 4) is 0 Å². The van der Waals surface area contributed by atoms with Crippen molar-refractivity contribution in [3.05, 3.63) is 70.8 Å². The molecule has 4 rings (SSSR count). The van der Waals surface area contributed by atoms with E-state index in [9.17, 15) is 4.79 Å². The fourth-order valence-electron chi connectivity index (χ4n) is 2.99. The first-order chi connectivity index (χ1) is 12.3. The molecular weight excluding hydrogens is 334 g/mol. The van der Waals surface area contributed by atoms with Crippen molar-refractivity contribution in [2.24, 2.45) is 0 Å². The number of aromatic nitrogens is 3. The molecule has 1 amide bonds. The van der Waals surface area contributed by atoms with Gasteiger partial charge in [0.05, 0.1) is 23.3 Å². The molecule has 1 aliphatic rings. The van der Waals surface area contributed by atoms with Crippen LogP contribution in [-0.4, -0.2) is 27.4 Å². The topological polar surface area (TPSA) is 72.2 Å². The van der Waals surface area contributed by atoms with E-state index in [4.69, 9.17) is 0 Å². The van der Waals surface area contributed by atoms with Gasteiger partial charge in [-0.2, -0.15) is 0 Å². The molecule has 1 unspecified atom stereocenters. The number of carbonyl (C=O) groups excluding carboxylic acids is 1. The number of quaternary nitrogens is 1. The second-order valence-corrected chi connectivity index (χ2v) is 7.11.